The van der Waals surface area contributed by atoms with Crippen molar-refractivity contribution < 1.29 is 14.6 Å². The first kappa shape index (κ1) is 13.3. The normalized spacial score (nSPS) is 21.4. The van der Waals surface area contributed by atoms with Gasteiger partial charge in [0, 0.05) is 31.3 Å². The zero-order valence-corrected chi connectivity index (χ0v) is 11.9. The Morgan fingerprint density at radius 1 is 1.50 bits per heavy atom. The van der Waals surface area contributed by atoms with E-state index in [1.807, 2.05) is 0 Å². The van der Waals surface area contributed by atoms with Crippen LogP contribution in [-0.4, -0.2) is 31.3 Å². The molecule has 0 saturated heterocycles. The summed E-state index contributed by atoms with van der Waals surface area (Å²) in [5.41, 5.74) is 3.87. The van der Waals surface area contributed by atoms with Crippen LogP contribution in [0.15, 0.2) is 12.1 Å². The SMILES string of the molecule is CN1CCCc2ccc3c(c21)CC(CC(=O)O)CCO3. The maximum atomic E-state index is 11.0. The molecule has 20 heavy (non-hydrogen) atoms. The number of anilines is 1. The van der Waals surface area contributed by atoms with Gasteiger partial charge in [-0.05, 0) is 43.2 Å². The summed E-state index contributed by atoms with van der Waals surface area (Å²) in [5.74, 6) is 0.414. The van der Waals surface area contributed by atoms with E-state index < -0.39 is 5.97 Å². The molecule has 1 N–H and O–H groups in total. The number of hydrogen-bond donors (Lipinski definition) is 1. The first-order chi connectivity index (χ1) is 9.65. The van der Waals surface area contributed by atoms with Crippen LogP contribution in [0.2, 0.25) is 0 Å². The monoisotopic (exact) mass is 275 g/mol. The number of benzene rings is 1. The van der Waals surface area contributed by atoms with Gasteiger partial charge in [0.05, 0.1) is 6.61 Å². The van der Waals surface area contributed by atoms with Crippen molar-refractivity contribution in [2.45, 2.75) is 32.1 Å². The number of rotatable bonds is 2. The van der Waals surface area contributed by atoms with E-state index in [9.17, 15) is 4.79 Å². The first-order valence-electron chi connectivity index (χ1n) is 7.35. The molecule has 3 rings (SSSR count). The summed E-state index contributed by atoms with van der Waals surface area (Å²) in [6.45, 7) is 1.68. The van der Waals surface area contributed by atoms with Crippen LogP contribution in [0.4, 0.5) is 5.69 Å². The third-order valence-electron chi connectivity index (χ3n) is 4.38. The number of nitrogens with zero attached hydrogens (tertiary/aromatic N) is 1. The Balaban J connectivity index is 1.98. The number of carboxylic acid groups (broad SMARTS) is 1. The predicted octanol–water partition coefficient (Wildman–Crippen LogP) is 2.48. The average Bonchev–Trinajstić information content (AvgIpc) is 2.59. The number of fused-ring (bicyclic) bond motifs is 3. The lowest BCUT2D eigenvalue weighted by atomic mass is 9.89. The third kappa shape index (κ3) is 2.47. The van der Waals surface area contributed by atoms with Gasteiger partial charge in [-0.15, -0.1) is 0 Å². The Hall–Kier alpha value is -1.71. The summed E-state index contributed by atoms with van der Waals surface area (Å²) in [6.07, 6.45) is 4.16. The fourth-order valence-corrected chi connectivity index (χ4v) is 3.44. The largest absolute Gasteiger partial charge is 0.493 e. The molecular weight excluding hydrogens is 254 g/mol. The lowest BCUT2D eigenvalue weighted by molar-refractivity contribution is -0.138. The molecule has 1 aromatic carbocycles. The highest BCUT2D eigenvalue weighted by Crippen LogP contribution is 2.39. The summed E-state index contributed by atoms with van der Waals surface area (Å²) in [7, 11) is 2.12. The Kier molecular flexibility index (Phi) is 3.55. The highest BCUT2D eigenvalue weighted by Gasteiger charge is 2.26. The van der Waals surface area contributed by atoms with Crippen LogP contribution in [0.1, 0.15) is 30.4 Å². The molecule has 1 aromatic rings. The Morgan fingerprint density at radius 2 is 2.35 bits per heavy atom. The van der Waals surface area contributed by atoms with Gasteiger partial charge in [0.25, 0.3) is 0 Å². The number of hydrogen-bond acceptors (Lipinski definition) is 3. The van der Waals surface area contributed by atoms with Crippen molar-refractivity contribution in [3.8, 4) is 5.75 Å². The summed E-state index contributed by atoms with van der Waals surface area (Å²) in [5, 5.41) is 9.04. The van der Waals surface area contributed by atoms with Gasteiger partial charge < -0.3 is 14.7 Å². The Labute approximate surface area is 119 Å². The quantitative estimate of drug-likeness (QED) is 0.901. The maximum absolute atomic E-state index is 11.0. The van der Waals surface area contributed by atoms with Gasteiger partial charge in [-0.25, -0.2) is 0 Å². The zero-order chi connectivity index (χ0) is 14.1. The van der Waals surface area contributed by atoms with E-state index in [1.165, 1.54) is 23.2 Å². The van der Waals surface area contributed by atoms with Crippen molar-refractivity contribution in [2.75, 3.05) is 25.1 Å². The van der Waals surface area contributed by atoms with Crippen LogP contribution < -0.4 is 9.64 Å². The number of aryl methyl sites for hydroxylation is 1. The van der Waals surface area contributed by atoms with Gasteiger partial charge in [-0.3, -0.25) is 4.79 Å². The molecule has 2 aliphatic rings. The van der Waals surface area contributed by atoms with Gasteiger partial charge in [0.15, 0.2) is 0 Å². The molecule has 0 aliphatic carbocycles. The van der Waals surface area contributed by atoms with Crippen molar-refractivity contribution in [3.05, 3.63) is 23.3 Å². The molecule has 0 radical (unpaired) electrons. The zero-order valence-electron chi connectivity index (χ0n) is 11.9. The predicted molar refractivity (Wildman–Crippen MR) is 77.6 cm³/mol. The van der Waals surface area contributed by atoms with E-state index in [2.05, 4.69) is 24.1 Å². The molecule has 0 fully saturated rings. The summed E-state index contributed by atoms with van der Waals surface area (Å²) >= 11 is 0. The van der Waals surface area contributed by atoms with Crippen molar-refractivity contribution in [1.82, 2.24) is 0 Å². The minimum Gasteiger partial charge on any atom is -0.493 e. The molecule has 4 nitrogen and oxygen atoms in total. The molecule has 0 bridgehead atoms. The van der Waals surface area contributed by atoms with Crippen LogP contribution in [0.3, 0.4) is 0 Å². The lowest BCUT2D eigenvalue weighted by Crippen LogP contribution is -2.26. The van der Waals surface area contributed by atoms with Gasteiger partial charge in [-0.1, -0.05) is 6.07 Å². The van der Waals surface area contributed by atoms with Crippen LogP contribution in [0.25, 0.3) is 0 Å². The second kappa shape index (κ2) is 5.35. The van der Waals surface area contributed by atoms with Gasteiger partial charge in [0.2, 0.25) is 0 Å². The lowest BCUT2D eigenvalue weighted by Gasteiger charge is -2.31. The minimum atomic E-state index is -0.711. The van der Waals surface area contributed by atoms with Crippen LogP contribution in [0.5, 0.6) is 5.75 Å². The van der Waals surface area contributed by atoms with Crippen LogP contribution >= 0.6 is 0 Å². The van der Waals surface area contributed by atoms with E-state index in [0.717, 1.165) is 31.6 Å². The summed E-state index contributed by atoms with van der Waals surface area (Å²) in [6, 6.07) is 4.23. The van der Waals surface area contributed by atoms with Gasteiger partial charge in [0.1, 0.15) is 5.75 Å². The molecular formula is C16H21NO3. The van der Waals surface area contributed by atoms with E-state index in [0.29, 0.717) is 6.61 Å². The van der Waals surface area contributed by atoms with Gasteiger partial charge >= 0.3 is 5.97 Å². The van der Waals surface area contributed by atoms with Crippen molar-refractivity contribution in [2.24, 2.45) is 5.92 Å². The smallest absolute Gasteiger partial charge is 0.303 e. The average molecular weight is 275 g/mol. The van der Waals surface area contributed by atoms with Crippen LogP contribution in [-0.2, 0) is 17.6 Å². The van der Waals surface area contributed by atoms with E-state index in [1.54, 1.807) is 0 Å². The molecule has 0 amide bonds. The molecule has 0 saturated carbocycles. The fraction of sp³-hybridized carbons (Fsp3) is 0.562. The van der Waals surface area contributed by atoms with Crippen molar-refractivity contribution in [1.29, 1.82) is 0 Å². The molecule has 108 valence electrons. The van der Waals surface area contributed by atoms with E-state index in [-0.39, 0.29) is 12.3 Å². The number of carbonyl (C=O) groups is 1. The Bertz CT molecular complexity index is 527. The topological polar surface area (TPSA) is 49.8 Å². The summed E-state index contributed by atoms with van der Waals surface area (Å²) < 4.78 is 5.86. The molecule has 1 atom stereocenters. The minimum absolute atomic E-state index is 0.176. The van der Waals surface area contributed by atoms with Crippen molar-refractivity contribution in [3.63, 3.8) is 0 Å². The highest BCUT2D eigenvalue weighted by molar-refractivity contribution is 5.68. The second-order valence-electron chi connectivity index (χ2n) is 5.88. The van der Waals surface area contributed by atoms with Gasteiger partial charge in [-0.2, -0.15) is 0 Å². The summed E-state index contributed by atoms with van der Waals surface area (Å²) in [4.78, 5) is 13.3. The maximum Gasteiger partial charge on any atom is 0.303 e. The Morgan fingerprint density at radius 3 is 3.15 bits per heavy atom. The molecule has 0 aromatic heterocycles. The number of ether oxygens (including phenoxy) is 1. The molecule has 0 spiro atoms. The molecule has 2 heterocycles. The number of aliphatic carboxylic acids is 1. The fourth-order valence-electron chi connectivity index (χ4n) is 3.44. The number of carboxylic acids is 1. The second-order valence-corrected chi connectivity index (χ2v) is 5.88. The van der Waals surface area contributed by atoms with E-state index in [4.69, 9.17) is 9.84 Å². The standard InChI is InChI=1S/C16H21NO3/c1-17-7-2-3-12-4-5-14-13(16(12)17)9-11(6-8-20-14)10-15(18)19/h4-5,11H,2-3,6-10H2,1H3,(H,18,19). The third-order valence-corrected chi connectivity index (χ3v) is 4.38. The molecule has 1 unspecified atom stereocenters. The molecule has 2 aliphatic heterocycles. The van der Waals surface area contributed by atoms with E-state index >= 15 is 0 Å². The van der Waals surface area contributed by atoms with Crippen molar-refractivity contribution >= 4 is 11.7 Å². The first-order valence-corrected chi connectivity index (χ1v) is 7.35. The molecule has 4 heteroatoms. The van der Waals surface area contributed by atoms with Crippen LogP contribution in [0, 0.1) is 5.92 Å². The highest BCUT2D eigenvalue weighted by atomic mass is 16.5.